The number of fused-ring (bicyclic) bond motifs is 1. The Morgan fingerprint density at radius 2 is 2.55 bits per heavy atom. The number of aliphatic imine (C=N–C) groups is 1. The molecule has 1 unspecified atom stereocenters. The average Bonchev–Trinajstić information content (AvgIpc) is 2.06. The van der Waals surface area contributed by atoms with Gasteiger partial charge in [-0.3, -0.25) is 4.99 Å². The van der Waals surface area contributed by atoms with E-state index in [0.717, 1.165) is 12.6 Å². The van der Waals surface area contributed by atoms with Crippen LogP contribution in [-0.2, 0) is 0 Å². The molecule has 2 nitrogen and oxygen atoms in total. The largest absolute Gasteiger partial charge is 0.366 e. The first-order chi connectivity index (χ1) is 5.38. The molecule has 60 valence electrons. The van der Waals surface area contributed by atoms with Crippen molar-refractivity contribution in [3.05, 3.63) is 11.9 Å². The van der Waals surface area contributed by atoms with Gasteiger partial charge in [-0.1, -0.05) is 0 Å². The van der Waals surface area contributed by atoms with Crippen LogP contribution >= 0.6 is 0 Å². The van der Waals surface area contributed by atoms with Crippen LogP contribution in [0.5, 0.6) is 0 Å². The number of hydrogen-bond acceptors (Lipinski definition) is 2. The summed E-state index contributed by atoms with van der Waals surface area (Å²) in [6.07, 6.45) is 7.90. The van der Waals surface area contributed by atoms with E-state index < -0.39 is 0 Å². The number of allylic oxidation sites excluding steroid dienone is 1. The van der Waals surface area contributed by atoms with Crippen LogP contribution in [0.15, 0.2) is 16.9 Å². The fourth-order valence-electron chi connectivity index (χ4n) is 1.87. The lowest BCUT2D eigenvalue weighted by molar-refractivity contribution is 0.238. The molecule has 2 heterocycles. The quantitative estimate of drug-likeness (QED) is 0.514. The molecule has 1 fully saturated rings. The van der Waals surface area contributed by atoms with E-state index in [0.29, 0.717) is 0 Å². The highest BCUT2D eigenvalue weighted by molar-refractivity contribution is 5.62. The summed E-state index contributed by atoms with van der Waals surface area (Å²) in [5, 5.41) is 0. The van der Waals surface area contributed by atoms with E-state index in [1.165, 1.54) is 25.0 Å². The molecular formula is C9H14N2. The molecule has 2 aliphatic heterocycles. The molecule has 2 rings (SSSR count). The number of nitrogens with zero attached hydrogens (tertiary/aromatic N) is 2. The van der Waals surface area contributed by atoms with Crippen LogP contribution in [0.2, 0.25) is 0 Å². The Morgan fingerprint density at radius 1 is 1.64 bits per heavy atom. The monoisotopic (exact) mass is 150 g/mol. The van der Waals surface area contributed by atoms with Crippen LogP contribution in [-0.4, -0.2) is 23.7 Å². The van der Waals surface area contributed by atoms with Crippen molar-refractivity contribution in [1.82, 2.24) is 4.90 Å². The molecule has 0 aromatic rings. The minimum Gasteiger partial charge on any atom is -0.366 e. The summed E-state index contributed by atoms with van der Waals surface area (Å²) >= 11 is 0. The van der Waals surface area contributed by atoms with Gasteiger partial charge in [-0.25, -0.2) is 0 Å². The molecule has 0 aromatic heterocycles. The normalized spacial score (nSPS) is 29.7. The van der Waals surface area contributed by atoms with Gasteiger partial charge in [-0.15, -0.1) is 0 Å². The summed E-state index contributed by atoms with van der Waals surface area (Å²) in [6, 6.07) is 0.724. The molecule has 0 bridgehead atoms. The van der Waals surface area contributed by atoms with Crippen molar-refractivity contribution in [2.45, 2.75) is 32.2 Å². The number of hydrogen-bond donors (Lipinski definition) is 0. The van der Waals surface area contributed by atoms with Crippen molar-refractivity contribution in [3.8, 4) is 0 Å². The van der Waals surface area contributed by atoms with Crippen LogP contribution in [0.1, 0.15) is 26.2 Å². The lowest BCUT2D eigenvalue weighted by Gasteiger charge is -2.37. The fourth-order valence-corrected chi connectivity index (χ4v) is 1.87. The standard InChI is InChI=1S/C9H14N2/c1-8-3-2-4-9-7-10-5-6-11(8)9/h5,7-8H,2-4,6H2,1H3. The summed E-state index contributed by atoms with van der Waals surface area (Å²) in [6.45, 7) is 3.32. The molecular weight excluding hydrogens is 136 g/mol. The second-order valence-electron chi connectivity index (χ2n) is 3.35. The molecule has 0 radical (unpaired) electrons. The summed E-state index contributed by atoms with van der Waals surface area (Å²) in [7, 11) is 0. The van der Waals surface area contributed by atoms with Crippen LogP contribution in [0.3, 0.4) is 0 Å². The molecule has 0 N–H and O–H groups in total. The zero-order valence-corrected chi connectivity index (χ0v) is 6.95. The Hall–Kier alpha value is -0.790. The maximum Gasteiger partial charge on any atom is 0.0532 e. The first kappa shape index (κ1) is 6.89. The van der Waals surface area contributed by atoms with Gasteiger partial charge >= 0.3 is 0 Å². The predicted octanol–water partition coefficient (Wildman–Crippen LogP) is 1.79. The Morgan fingerprint density at radius 3 is 3.36 bits per heavy atom. The third-order valence-electron chi connectivity index (χ3n) is 2.56. The van der Waals surface area contributed by atoms with Gasteiger partial charge < -0.3 is 4.90 Å². The zero-order chi connectivity index (χ0) is 7.68. The van der Waals surface area contributed by atoms with Crippen molar-refractivity contribution in [2.24, 2.45) is 4.99 Å². The lowest BCUT2D eigenvalue weighted by Crippen LogP contribution is -2.38. The molecule has 11 heavy (non-hydrogen) atoms. The maximum absolute atomic E-state index is 4.17. The van der Waals surface area contributed by atoms with Gasteiger partial charge in [0.15, 0.2) is 0 Å². The smallest absolute Gasteiger partial charge is 0.0532 e. The van der Waals surface area contributed by atoms with Crippen LogP contribution in [0.25, 0.3) is 0 Å². The van der Waals surface area contributed by atoms with E-state index in [-0.39, 0.29) is 0 Å². The van der Waals surface area contributed by atoms with Gasteiger partial charge in [0.2, 0.25) is 0 Å². The fraction of sp³-hybridized carbons (Fsp3) is 0.667. The van der Waals surface area contributed by atoms with E-state index in [2.05, 4.69) is 16.8 Å². The SMILES string of the molecule is CC1CCCC2=CN=CCN21. The van der Waals surface area contributed by atoms with Gasteiger partial charge in [0, 0.05) is 24.2 Å². The summed E-state index contributed by atoms with van der Waals surface area (Å²) in [5.74, 6) is 0. The van der Waals surface area contributed by atoms with E-state index >= 15 is 0 Å². The molecule has 0 saturated carbocycles. The highest BCUT2D eigenvalue weighted by Crippen LogP contribution is 2.26. The molecule has 2 aliphatic rings. The summed E-state index contributed by atoms with van der Waals surface area (Å²) in [4.78, 5) is 6.62. The van der Waals surface area contributed by atoms with Crippen LogP contribution < -0.4 is 0 Å². The molecule has 2 heteroatoms. The van der Waals surface area contributed by atoms with E-state index in [1.54, 1.807) is 0 Å². The summed E-state index contributed by atoms with van der Waals surface area (Å²) in [5.41, 5.74) is 1.44. The highest BCUT2D eigenvalue weighted by atomic mass is 15.2. The molecule has 1 saturated heterocycles. The average molecular weight is 150 g/mol. The predicted molar refractivity (Wildman–Crippen MR) is 46.6 cm³/mol. The molecule has 0 aliphatic carbocycles. The van der Waals surface area contributed by atoms with Crippen molar-refractivity contribution in [3.63, 3.8) is 0 Å². The van der Waals surface area contributed by atoms with Crippen LogP contribution in [0.4, 0.5) is 0 Å². The Kier molecular flexibility index (Phi) is 1.68. The lowest BCUT2D eigenvalue weighted by atomic mass is 10.0. The van der Waals surface area contributed by atoms with Gasteiger partial charge in [0.05, 0.1) is 6.54 Å². The van der Waals surface area contributed by atoms with E-state index in [4.69, 9.17) is 0 Å². The van der Waals surface area contributed by atoms with Crippen molar-refractivity contribution >= 4 is 6.21 Å². The van der Waals surface area contributed by atoms with Gasteiger partial charge in [-0.2, -0.15) is 0 Å². The minimum absolute atomic E-state index is 0.724. The first-order valence-corrected chi connectivity index (χ1v) is 4.35. The van der Waals surface area contributed by atoms with Crippen molar-refractivity contribution < 1.29 is 0 Å². The van der Waals surface area contributed by atoms with Gasteiger partial charge in [0.25, 0.3) is 0 Å². The topological polar surface area (TPSA) is 15.6 Å². The summed E-state index contributed by atoms with van der Waals surface area (Å²) < 4.78 is 0. The molecule has 0 amide bonds. The zero-order valence-electron chi connectivity index (χ0n) is 6.95. The Balaban J connectivity index is 2.18. The van der Waals surface area contributed by atoms with Crippen LogP contribution in [0, 0.1) is 0 Å². The maximum atomic E-state index is 4.17. The number of rotatable bonds is 0. The van der Waals surface area contributed by atoms with E-state index in [9.17, 15) is 0 Å². The molecule has 0 aromatic carbocycles. The Bertz CT molecular complexity index is 206. The van der Waals surface area contributed by atoms with Crippen molar-refractivity contribution in [1.29, 1.82) is 0 Å². The molecule has 1 atom stereocenters. The first-order valence-electron chi connectivity index (χ1n) is 4.35. The second-order valence-corrected chi connectivity index (χ2v) is 3.35. The third-order valence-corrected chi connectivity index (χ3v) is 2.56. The van der Waals surface area contributed by atoms with Gasteiger partial charge in [0.1, 0.15) is 0 Å². The number of piperidine rings is 1. The van der Waals surface area contributed by atoms with E-state index in [1.807, 2.05) is 12.4 Å². The highest BCUT2D eigenvalue weighted by Gasteiger charge is 2.21. The minimum atomic E-state index is 0.724. The van der Waals surface area contributed by atoms with Gasteiger partial charge in [-0.05, 0) is 26.2 Å². The third kappa shape index (κ3) is 1.17. The Labute approximate surface area is 67.6 Å². The second kappa shape index (κ2) is 2.68. The molecule has 0 spiro atoms. The van der Waals surface area contributed by atoms with Crippen molar-refractivity contribution in [2.75, 3.05) is 6.54 Å².